The molecule has 6 heteroatoms. The average molecular weight is 394 g/mol. The van der Waals surface area contributed by atoms with Gasteiger partial charge in [-0.2, -0.15) is 0 Å². The van der Waals surface area contributed by atoms with E-state index in [1.54, 1.807) is 6.08 Å². The molecule has 2 rings (SSSR count). The second-order valence-corrected chi connectivity index (χ2v) is 6.64. The van der Waals surface area contributed by atoms with Gasteiger partial charge in [0.2, 0.25) is 5.91 Å². The van der Waals surface area contributed by atoms with E-state index in [1.807, 2.05) is 41.8 Å². The molecule has 0 saturated heterocycles. The van der Waals surface area contributed by atoms with Gasteiger partial charge in [-0.25, -0.2) is 0 Å². The Kier molecular flexibility index (Phi) is 6.55. The summed E-state index contributed by atoms with van der Waals surface area (Å²) in [6.45, 7) is 0. The third kappa shape index (κ3) is 5.65. The number of thiophene rings is 1. The third-order valence-electron chi connectivity index (χ3n) is 3.10. The summed E-state index contributed by atoms with van der Waals surface area (Å²) in [4.78, 5) is 24.5. The first kappa shape index (κ1) is 17.4. The Morgan fingerprint density at radius 2 is 2.04 bits per heavy atom. The highest BCUT2D eigenvalue weighted by molar-refractivity contribution is 9.10. The van der Waals surface area contributed by atoms with Crippen molar-refractivity contribution in [1.82, 2.24) is 5.32 Å². The SMILES string of the molecule is COC(=O)CC(NC(=O)/C=C/c1ccc(Br)cc1)c1cccs1. The molecule has 1 atom stereocenters. The molecule has 1 unspecified atom stereocenters. The number of methoxy groups -OCH3 is 1. The van der Waals surface area contributed by atoms with Crippen molar-refractivity contribution in [3.63, 3.8) is 0 Å². The monoisotopic (exact) mass is 393 g/mol. The smallest absolute Gasteiger partial charge is 0.307 e. The molecule has 1 N–H and O–H groups in total. The lowest BCUT2D eigenvalue weighted by Crippen LogP contribution is -2.28. The van der Waals surface area contributed by atoms with Crippen molar-refractivity contribution in [2.24, 2.45) is 0 Å². The Balaban J connectivity index is 2.02. The Labute approximate surface area is 147 Å². The van der Waals surface area contributed by atoms with E-state index < -0.39 is 0 Å². The van der Waals surface area contributed by atoms with Crippen molar-refractivity contribution in [3.8, 4) is 0 Å². The predicted octanol–water partition coefficient (Wildman–Crippen LogP) is 3.94. The van der Waals surface area contributed by atoms with E-state index in [1.165, 1.54) is 24.5 Å². The molecule has 0 aliphatic carbocycles. The van der Waals surface area contributed by atoms with Crippen molar-refractivity contribution < 1.29 is 14.3 Å². The van der Waals surface area contributed by atoms with E-state index in [4.69, 9.17) is 4.74 Å². The molecule has 1 heterocycles. The Bertz CT molecular complexity index is 680. The van der Waals surface area contributed by atoms with Crippen molar-refractivity contribution in [2.45, 2.75) is 12.5 Å². The minimum absolute atomic E-state index is 0.106. The molecule has 0 aliphatic rings. The van der Waals surface area contributed by atoms with Crippen LogP contribution >= 0.6 is 27.3 Å². The lowest BCUT2D eigenvalue weighted by Gasteiger charge is -2.15. The number of hydrogen-bond acceptors (Lipinski definition) is 4. The highest BCUT2D eigenvalue weighted by atomic mass is 79.9. The fraction of sp³-hybridized carbons (Fsp3) is 0.176. The second kappa shape index (κ2) is 8.64. The molecule has 4 nitrogen and oxygen atoms in total. The molecule has 120 valence electrons. The van der Waals surface area contributed by atoms with E-state index >= 15 is 0 Å². The van der Waals surface area contributed by atoms with Crippen LogP contribution in [-0.2, 0) is 14.3 Å². The molecule has 23 heavy (non-hydrogen) atoms. The van der Waals surface area contributed by atoms with Crippen LogP contribution in [0.2, 0.25) is 0 Å². The standard InChI is InChI=1S/C17H16BrNO3S/c1-22-17(21)11-14(15-3-2-10-23-15)19-16(20)9-6-12-4-7-13(18)8-5-12/h2-10,14H,11H2,1H3,(H,19,20)/b9-6+. The average Bonchev–Trinajstić information content (AvgIpc) is 3.08. The topological polar surface area (TPSA) is 55.4 Å². The Hall–Kier alpha value is -1.92. The van der Waals surface area contributed by atoms with Crippen LogP contribution in [0.25, 0.3) is 6.08 Å². The van der Waals surface area contributed by atoms with Gasteiger partial charge in [-0.05, 0) is 35.2 Å². The number of ether oxygens (including phenoxy) is 1. The first-order valence-electron chi connectivity index (χ1n) is 6.93. The van der Waals surface area contributed by atoms with Gasteiger partial charge in [0.25, 0.3) is 0 Å². The maximum Gasteiger partial charge on any atom is 0.307 e. The van der Waals surface area contributed by atoms with Crippen LogP contribution in [0.5, 0.6) is 0 Å². The highest BCUT2D eigenvalue weighted by Crippen LogP contribution is 2.22. The lowest BCUT2D eigenvalue weighted by atomic mass is 10.1. The summed E-state index contributed by atoms with van der Waals surface area (Å²) >= 11 is 4.85. The van der Waals surface area contributed by atoms with E-state index in [-0.39, 0.29) is 24.3 Å². The van der Waals surface area contributed by atoms with Crippen molar-refractivity contribution >= 4 is 45.2 Å². The zero-order chi connectivity index (χ0) is 16.7. The van der Waals surface area contributed by atoms with Crippen molar-refractivity contribution in [3.05, 3.63) is 62.8 Å². The van der Waals surface area contributed by atoms with E-state index in [0.717, 1.165) is 14.9 Å². The highest BCUT2D eigenvalue weighted by Gasteiger charge is 2.18. The zero-order valence-corrected chi connectivity index (χ0v) is 14.9. The normalized spacial score (nSPS) is 12.1. The van der Waals surface area contributed by atoms with E-state index in [9.17, 15) is 9.59 Å². The number of benzene rings is 1. The zero-order valence-electron chi connectivity index (χ0n) is 12.5. The summed E-state index contributed by atoms with van der Waals surface area (Å²) in [6.07, 6.45) is 3.29. The van der Waals surface area contributed by atoms with Crippen LogP contribution in [0.15, 0.2) is 52.3 Å². The summed E-state index contributed by atoms with van der Waals surface area (Å²) in [6, 6.07) is 11.0. The maximum atomic E-state index is 12.1. The minimum Gasteiger partial charge on any atom is -0.469 e. The lowest BCUT2D eigenvalue weighted by molar-refractivity contribution is -0.141. The predicted molar refractivity (Wildman–Crippen MR) is 95.0 cm³/mol. The fourth-order valence-corrected chi connectivity index (χ4v) is 2.97. The summed E-state index contributed by atoms with van der Waals surface area (Å²) in [5.74, 6) is -0.615. The molecule has 0 radical (unpaired) electrons. The van der Waals surface area contributed by atoms with Gasteiger partial charge >= 0.3 is 5.97 Å². The van der Waals surface area contributed by atoms with E-state index in [2.05, 4.69) is 21.2 Å². The van der Waals surface area contributed by atoms with Gasteiger partial charge < -0.3 is 10.1 Å². The van der Waals surface area contributed by atoms with Gasteiger partial charge in [-0.15, -0.1) is 11.3 Å². The van der Waals surface area contributed by atoms with Gasteiger partial charge in [0.05, 0.1) is 19.6 Å². The molecule has 2 aromatic rings. The molecule has 1 aromatic heterocycles. The fourth-order valence-electron chi connectivity index (χ4n) is 1.93. The van der Waals surface area contributed by atoms with Gasteiger partial charge in [0.1, 0.15) is 0 Å². The summed E-state index contributed by atoms with van der Waals surface area (Å²) in [5.41, 5.74) is 0.920. The molecule has 0 saturated carbocycles. The number of carbonyl (C=O) groups is 2. The van der Waals surface area contributed by atoms with Gasteiger partial charge in [0.15, 0.2) is 0 Å². The van der Waals surface area contributed by atoms with Crippen molar-refractivity contribution in [2.75, 3.05) is 7.11 Å². The number of nitrogens with one attached hydrogen (secondary N) is 1. The molecule has 1 aromatic carbocycles. The number of hydrogen-bond donors (Lipinski definition) is 1. The van der Waals surface area contributed by atoms with Gasteiger partial charge in [0, 0.05) is 15.4 Å². The third-order valence-corrected chi connectivity index (χ3v) is 4.61. The van der Waals surface area contributed by atoms with Crippen LogP contribution < -0.4 is 5.32 Å². The van der Waals surface area contributed by atoms with Crippen LogP contribution in [0, 0.1) is 0 Å². The molecule has 0 bridgehead atoms. The summed E-state index contributed by atoms with van der Waals surface area (Å²) in [7, 11) is 1.34. The summed E-state index contributed by atoms with van der Waals surface area (Å²) in [5, 5.41) is 4.75. The quantitative estimate of drug-likeness (QED) is 0.597. The maximum absolute atomic E-state index is 12.1. The first-order valence-corrected chi connectivity index (χ1v) is 8.60. The largest absolute Gasteiger partial charge is 0.469 e. The van der Waals surface area contributed by atoms with E-state index in [0.29, 0.717) is 0 Å². The number of carbonyl (C=O) groups excluding carboxylic acids is 2. The van der Waals surface area contributed by atoms with Crippen molar-refractivity contribution in [1.29, 1.82) is 0 Å². The number of esters is 1. The van der Waals surface area contributed by atoms with Crippen LogP contribution in [0.4, 0.5) is 0 Å². The molecule has 1 amide bonds. The van der Waals surface area contributed by atoms with Gasteiger partial charge in [-0.3, -0.25) is 9.59 Å². The van der Waals surface area contributed by atoms with Gasteiger partial charge in [-0.1, -0.05) is 34.1 Å². The number of rotatable bonds is 6. The number of halogens is 1. The minimum atomic E-state index is -0.385. The van der Waals surface area contributed by atoms with Crippen LogP contribution in [0.3, 0.4) is 0 Å². The second-order valence-electron chi connectivity index (χ2n) is 4.74. The van der Waals surface area contributed by atoms with Crippen LogP contribution in [-0.4, -0.2) is 19.0 Å². The summed E-state index contributed by atoms with van der Waals surface area (Å²) < 4.78 is 5.67. The van der Waals surface area contributed by atoms with Crippen LogP contribution in [0.1, 0.15) is 22.9 Å². The molecule has 0 aliphatic heterocycles. The number of amides is 1. The molecule has 0 spiro atoms. The first-order chi connectivity index (χ1) is 11.1. The Morgan fingerprint density at radius 1 is 1.30 bits per heavy atom. The molecular weight excluding hydrogens is 378 g/mol. The Morgan fingerprint density at radius 3 is 2.65 bits per heavy atom. The molecule has 0 fully saturated rings. The molecular formula is C17H16BrNO3S.